The highest BCUT2D eigenvalue weighted by atomic mass is 19.1. The molecule has 0 aliphatic carbocycles. The number of aromatic nitrogens is 1. The maximum Gasteiger partial charge on any atom is 0.207 e. The van der Waals surface area contributed by atoms with E-state index in [2.05, 4.69) is 15.6 Å². The van der Waals surface area contributed by atoms with Crippen LogP contribution in [0.25, 0.3) is 11.1 Å². The summed E-state index contributed by atoms with van der Waals surface area (Å²) in [6.45, 7) is 4.46. The summed E-state index contributed by atoms with van der Waals surface area (Å²) in [6, 6.07) is 9.38. The van der Waals surface area contributed by atoms with Crippen molar-refractivity contribution in [2.45, 2.75) is 57.7 Å². The highest BCUT2D eigenvalue weighted by Crippen LogP contribution is 2.32. The van der Waals surface area contributed by atoms with Gasteiger partial charge in [-0.05, 0) is 75.4 Å². The number of hydrogen-bond acceptors (Lipinski definition) is 4. The molecule has 2 aromatic rings. The van der Waals surface area contributed by atoms with Gasteiger partial charge in [0.2, 0.25) is 6.41 Å². The molecule has 0 unspecified atom stereocenters. The number of nitrogens with zero attached hydrogens (tertiary/aromatic N) is 1. The second-order valence-corrected chi connectivity index (χ2v) is 7.30. The topological polar surface area (TPSA) is 63.2 Å². The Labute approximate surface area is 165 Å². The molecule has 5 nitrogen and oxygen atoms in total. The van der Waals surface area contributed by atoms with Crippen molar-refractivity contribution >= 4 is 6.41 Å². The van der Waals surface area contributed by atoms with Crippen molar-refractivity contribution in [1.29, 1.82) is 0 Å². The van der Waals surface area contributed by atoms with Crippen molar-refractivity contribution < 1.29 is 13.9 Å². The number of carbonyl (C=O) groups is 1. The van der Waals surface area contributed by atoms with E-state index in [0.29, 0.717) is 24.0 Å². The van der Waals surface area contributed by atoms with Gasteiger partial charge in [0.05, 0.1) is 12.3 Å². The Morgan fingerprint density at radius 2 is 2.21 bits per heavy atom. The van der Waals surface area contributed by atoms with E-state index >= 15 is 0 Å². The fourth-order valence-corrected chi connectivity index (χ4v) is 3.72. The number of nitrogens with one attached hydrogen (secondary N) is 2. The Kier molecular flexibility index (Phi) is 6.98. The smallest absolute Gasteiger partial charge is 0.207 e. The minimum Gasteiger partial charge on any atom is -0.494 e. The summed E-state index contributed by atoms with van der Waals surface area (Å²) >= 11 is 0. The molecule has 6 heteroatoms. The molecule has 3 atom stereocenters. The van der Waals surface area contributed by atoms with Crippen LogP contribution in [0.3, 0.4) is 0 Å². The van der Waals surface area contributed by atoms with E-state index in [1.807, 2.05) is 26.0 Å². The first-order chi connectivity index (χ1) is 13.6. The molecule has 3 rings (SSSR count). The lowest BCUT2D eigenvalue weighted by atomic mass is 10.0. The lowest BCUT2D eigenvalue weighted by Gasteiger charge is -2.17. The molecule has 1 fully saturated rings. The predicted octanol–water partition coefficient (Wildman–Crippen LogP) is 3.99. The lowest BCUT2D eigenvalue weighted by Crippen LogP contribution is -2.29. The van der Waals surface area contributed by atoms with Crippen LogP contribution in [0.15, 0.2) is 36.5 Å². The van der Waals surface area contributed by atoms with Crippen LogP contribution in [-0.4, -0.2) is 30.1 Å². The minimum absolute atomic E-state index is 0.164. The van der Waals surface area contributed by atoms with Gasteiger partial charge in [0, 0.05) is 29.9 Å². The van der Waals surface area contributed by atoms with E-state index in [0.717, 1.165) is 43.4 Å². The quantitative estimate of drug-likeness (QED) is 0.641. The monoisotopic (exact) mass is 385 g/mol. The number of carbonyl (C=O) groups excluding carboxylic acids is 1. The highest BCUT2D eigenvalue weighted by Gasteiger charge is 2.26. The van der Waals surface area contributed by atoms with Gasteiger partial charge < -0.3 is 15.4 Å². The third-order valence-corrected chi connectivity index (χ3v) is 5.24. The van der Waals surface area contributed by atoms with Gasteiger partial charge in [-0.2, -0.15) is 0 Å². The Balaban J connectivity index is 1.69. The summed E-state index contributed by atoms with van der Waals surface area (Å²) in [5, 5.41) is 6.42. The largest absolute Gasteiger partial charge is 0.494 e. The standard InChI is InChI=1S/C22H28FN3O2/c1-3-28-18-7-8-20(23)19(13-18)16-10-11-24-22(12-16)21-9-6-17(26-21)5-4-15(2)25-14-27/h7-8,10-15,17,21,26H,3-6,9H2,1-2H3,(H,25,27)/t15-,17-,21-/m0/s1. The average molecular weight is 385 g/mol. The predicted molar refractivity (Wildman–Crippen MR) is 108 cm³/mol. The first kappa shape index (κ1) is 20.3. The molecule has 1 amide bonds. The number of amides is 1. The molecule has 1 aromatic carbocycles. The van der Waals surface area contributed by atoms with Gasteiger partial charge in [0.25, 0.3) is 0 Å². The third-order valence-electron chi connectivity index (χ3n) is 5.24. The third kappa shape index (κ3) is 5.07. The fraction of sp³-hybridized carbons (Fsp3) is 0.455. The molecule has 1 saturated heterocycles. The van der Waals surface area contributed by atoms with E-state index in [-0.39, 0.29) is 17.9 Å². The van der Waals surface area contributed by atoms with Crippen LogP contribution in [0, 0.1) is 5.82 Å². The summed E-state index contributed by atoms with van der Waals surface area (Å²) < 4.78 is 19.9. The molecule has 150 valence electrons. The molecule has 1 aromatic heterocycles. The van der Waals surface area contributed by atoms with Crippen molar-refractivity contribution in [1.82, 2.24) is 15.6 Å². The first-order valence-electron chi connectivity index (χ1n) is 9.95. The normalized spacial score (nSPS) is 20.0. The number of hydrogen-bond donors (Lipinski definition) is 2. The molecular formula is C22H28FN3O2. The molecule has 28 heavy (non-hydrogen) atoms. The van der Waals surface area contributed by atoms with Crippen LogP contribution in [0.4, 0.5) is 4.39 Å². The SMILES string of the molecule is CCOc1ccc(F)c(-c2ccnc([C@@H]3CC[C@H](CC[C@H](C)NC=O)N3)c2)c1. The van der Waals surface area contributed by atoms with Gasteiger partial charge in [0.15, 0.2) is 0 Å². The number of pyridine rings is 1. The molecule has 2 heterocycles. The second-order valence-electron chi connectivity index (χ2n) is 7.30. The molecule has 0 radical (unpaired) electrons. The van der Waals surface area contributed by atoms with Crippen LogP contribution in [0.5, 0.6) is 5.75 Å². The Hall–Kier alpha value is -2.47. The van der Waals surface area contributed by atoms with Gasteiger partial charge >= 0.3 is 0 Å². The van der Waals surface area contributed by atoms with Crippen LogP contribution in [0.2, 0.25) is 0 Å². The van der Waals surface area contributed by atoms with Gasteiger partial charge in [-0.15, -0.1) is 0 Å². The molecule has 2 N–H and O–H groups in total. The number of benzene rings is 1. The maximum absolute atomic E-state index is 14.4. The lowest BCUT2D eigenvalue weighted by molar-refractivity contribution is -0.110. The Morgan fingerprint density at radius 3 is 3.00 bits per heavy atom. The summed E-state index contributed by atoms with van der Waals surface area (Å²) in [5.41, 5.74) is 2.26. The van der Waals surface area contributed by atoms with Gasteiger partial charge in [-0.25, -0.2) is 4.39 Å². The molecule has 0 spiro atoms. The van der Waals surface area contributed by atoms with Crippen molar-refractivity contribution in [3.05, 3.63) is 48.0 Å². The molecule has 0 bridgehead atoms. The van der Waals surface area contributed by atoms with E-state index in [9.17, 15) is 9.18 Å². The summed E-state index contributed by atoms with van der Waals surface area (Å²) in [5.74, 6) is 0.392. The number of halogens is 1. The van der Waals surface area contributed by atoms with Gasteiger partial charge in [0.1, 0.15) is 11.6 Å². The van der Waals surface area contributed by atoms with Crippen molar-refractivity contribution in [3.63, 3.8) is 0 Å². The van der Waals surface area contributed by atoms with Crippen LogP contribution >= 0.6 is 0 Å². The van der Waals surface area contributed by atoms with Crippen molar-refractivity contribution in [2.75, 3.05) is 6.61 Å². The van der Waals surface area contributed by atoms with E-state index < -0.39 is 0 Å². The number of ether oxygens (including phenoxy) is 1. The van der Waals surface area contributed by atoms with Crippen LogP contribution in [-0.2, 0) is 4.79 Å². The van der Waals surface area contributed by atoms with E-state index in [4.69, 9.17) is 4.74 Å². The van der Waals surface area contributed by atoms with Crippen LogP contribution in [0.1, 0.15) is 51.3 Å². The second kappa shape index (κ2) is 9.64. The van der Waals surface area contributed by atoms with Crippen LogP contribution < -0.4 is 15.4 Å². The Bertz CT molecular complexity index is 799. The zero-order chi connectivity index (χ0) is 19.9. The molecular weight excluding hydrogens is 357 g/mol. The van der Waals surface area contributed by atoms with Gasteiger partial charge in [-0.3, -0.25) is 9.78 Å². The molecule has 0 saturated carbocycles. The van der Waals surface area contributed by atoms with E-state index in [1.165, 1.54) is 6.07 Å². The average Bonchev–Trinajstić information content (AvgIpc) is 3.18. The summed E-state index contributed by atoms with van der Waals surface area (Å²) in [4.78, 5) is 15.0. The maximum atomic E-state index is 14.4. The summed E-state index contributed by atoms with van der Waals surface area (Å²) in [7, 11) is 0. The van der Waals surface area contributed by atoms with Crippen molar-refractivity contribution in [3.8, 4) is 16.9 Å². The molecule has 1 aliphatic rings. The number of rotatable bonds is 9. The van der Waals surface area contributed by atoms with Crippen molar-refractivity contribution in [2.24, 2.45) is 0 Å². The Morgan fingerprint density at radius 1 is 1.36 bits per heavy atom. The van der Waals surface area contributed by atoms with E-state index in [1.54, 1.807) is 18.3 Å². The minimum atomic E-state index is -0.269. The molecule has 1 aliphatic heterocycles. The first-order valence-corrected chi connectivity index (χ1v) is 9.95. The van der Waals surface area contributed by atoms with Gasteiger partial charge in [-0.1, -0.05) is 0 Å². The highest BCUT2D eigenvalue weighted by molar-refractivity contribution is 5.66. The summed E-state index contributed by atoms with van der Waals surface area (Å²) in [6.07, 6.45) is 6.50. The zero-order valence-electron chi connectivity index (χ0n) is 16.5. The fourth-order valence-electron chi connectivity index (χ4n) is 3.72. The zero-order valence-corrected chi connectivity index (χ0v) is 16.5.